The molecular weight excluding hydrogens is 306 g/mol. The van der Waals surface area contributed by atoms with E-state index in [0.717, 1.165) is 0 Å². The maximum absolute atomic E-state index is 12.0. The first kappa shape index (κ1) is 17.5. The van der Waals surface area contributed by atoms with E-state index in [1.165, 1.54) is 0 Å². The Hall–Kier alpha value is -2.82. The molecule has 2 N–H and O–H groups in total. The lowest BCUT2D eigenvalue weighted by atomic mass is 9.65. The number of hydrogen-bond acceptors (Lipinski definition) is 3. The molecule has 1 aliphatic heterocycles. The highest BCUT2D eigenvalue weighted by atomic mass is 16.4. The van der Waals surface area contributed by atoms with E-state index in [1.54, 1.807) is 57.0 Å². The van der Waals surface area contributed by atoms with E-state index < -0.39 is 17.4 Å². The summed E-state index contributed by atoms with van der Waals surface area (Å²) in [6, 6.07) is 7.15. The highest BCUT2D eigenvalue weighted by Crippen LogP contribution is 2.47. The predicted octanol–water partition coefficient (Wildman–Crippen LogP) is 3.25. The molecule has 5 heteroatoms. The standard InChI is InChI=1S/C19H21NO4/c1-6-13-9-7-8-10-14(13)19(4)15(17(21)22)11(2)20(5)12(3)16(19)18(23)24/h6-10H,1H2,2-5H3,(H,21,22)(H,23,24). The van der Waals surface area contributed by atoms with E-state index in [9.17, 15) is 19.8 Å². The van der Waals surface area contributed by atoms with Crippen LogP contribution in [0.1, 0.15) is 31.9 Å². The molecule has 0 saturated carbocycles. The summed E-state index contributed by atoms with van der Waals surface area (Å²) in [5.41, 5.74) is 1.19. The summed E-state index contributed by atoms with van der Waals surface area (Å²) in [7, 11) is 1.68. The van der Waals surface area contributed by atoms with Gasteiger partial charge < -0.3 is 15.1 Å². The zero-order valence-corrected chi connectivity index (χ0v) is 14.3. The summed E-state index contributed by atoms with van der Waals surface area (Å²) in [5.74, 6) is -2.26. The molecule has 0 unspecified atom stereocenters. The first-order chi connectivity index (χ1) is 11.2. The Morgan fingerprint density at radius 3 is 1.96 bits per heavy atom. The zero-order chi connectivity index (χ0) is 18.2. The summed E-state index contributed by atoms with van der Waals surface area (Å²) in [6.45, 7) is 8.82. The van der Waals surface area contributed by atoms with Gasteiger partial charge in [-0.2, -0.15) is 0 Å². The lowest BCUT2D eigenvalue weighted by Gasteiger charge is -2.42. The summed E-state index contributed by atoms with van der Waals surface area (Å²) >= 11 is 0. The zero-order valence-electron chi connectivity index (χ0n) is 14.3. The number of rotatable bonds is 4. The van der Waals surface area contributed by atoms with Crippen molar-refractivity contribution in [2.24, 2.45) is 0 Å². The lowest BCUT2D eigenvalue weighted by Crippen LogP contribution is -2.43. The SMILES string of the molecule is C=Cc1ccccc1C1(C)C(C(=O)O)=C(C)N(C)C(C)=C1C(=O)O. The molecule has 126 valence electrons. The molecule has 5 nitrogen and oxygen atoms in total. The van der Waals surface area contributed by atoms with Gasteiger partial charge in [-0.25, -0.2) is 9.59 Å². The van der Waals surface area contributed by atoms with E-state index in [2.05, 4.69) is 6.58 Å². The number of hydrogen-bond donors (Lipinski definition) is 2. The average molecular weight is 327 g/mol. The first-order valence-corrected chi connectivity index (χ1v) is 7.52. The smallest absolute Gasteiger partial charge is 0.334 e. The summed E-state index contributed by atoms with van der Waals surface area (Å²) in [4.78, 5) is 25.7. The topological polar surface area (TPSA) is 77.8 Å². The molecule has 0 aliphatic carbocycles. The monoisotopic (exact) mass is 327 g/mol. The second-order valence-corrected chi connectivity index (χ2v) is 6.01. The van der Waals surface area contributed by atoms with Gasteiger partial charge in [0, 0.05) is 18.4 Å². The quantitative estimate of drug-likeness (QED) is 0.887. The number of carbonyl (C=O) groups is 2. The van der Waals surface area contributed by atoms with Gasteiger partial charge in [-0.15, -0.1) is 0 Å². The van der Waals surface area contributed by atoms with E-state index in [0.29, 0.717) is 22.5 Å². The van der Waals surface area contributed by atoms with Crippen LogP contribution < -0.4 is 0 Å². The van der Waals surface area contributed by atoms with E-state index in [1.807, 2.05) is 6.07 Å². The molecule has 0 amide bonds. The van der Waals surface area contributed by atoms with Crippen LogP contribution in [0, 0.1) is 0 Å². The second kappa shape index (κ2) is 6.00. The van der Waals surface area contributed by atoms with Crippen LogP contribution in [0.2, 0.25) is 0 Å². The highest BCUT2D eigenvalue weighted by Gasteiger charge is 2.48. The van der Waals surface area contributed by atoms with Gasteiger partial charge in [-0.05, 0) is 31.9 Å². The molecule has 0 radical (unpaired) electrons. The van der Waals surface area contributed by atoms with Crippen molar-refractivity contribution < 1.29 is 19.8 Å². The molecule has 0 bridgehead atoms. The van der Waals surface area contributed by atoms with Crippen molar-refractivity contribution in [1.29, 1.82) is 0 Å². The molecular formula is C19H21NO4. The number of allylic oxidation sites excluding steroid dienone is 2. The third kappa shape index (κ3) is 2.33. The van der Waals surface area contributed by atoms with Crippen LogP contribution in [0.25, 0.3) is 6.08 Å². The van der Waals surface area contributed by atoms with Crippen LogP contribution in [0.15, 0.2) is 53.4 Å². The average Bonchev–Trinajstić information content (AvgIpc) is 2.52. The van der Waals surface area contributed by atoms with Gasteiger partial charge in [0.15, 0.2) is 0 Å². The number of aliphatic carboxylic acids is 2. The van der Waals surface area contributed by atoms with Crippen molar-refractivity contribution in [1.82, 2.24) is 4.90 Å². The van der Waals surface area contributed by atoms with Gasteiger partial charge in [0.1, 0.15) is 0 Å². The van der Waals surface area contributed by atoms with Gasteiger partial charge in [-0.3, -0.25) is 0 Å². The molecule has 1 aromatic rings. The number of benzene rings is 1. The number of nitrogens with zero attached hydrogens (tertiary/aromatic N) is 1. The maximum atomic E-state index is 12.0. The molecule has 1 aromatic carbocycles. The number of carboxylic acids is 2. The summed E-state index contributed by atoms with van der Waals surface area (Å²) in [5, 5.41) is 19.7. The van der Waals surface area contributed by atoms with Crippen LogP contribution in [0.4, 0.5) is 0 Å². The maximum Gasteiger partial charge on any atom is 0.334 e. The molecule has 0 spiro atoms. The van der Waals surface area contributed by atoms with Gasteiger partial charge in [0.2, 0.25) is 0 Å². The third-order valence-corrected chi connectivity index (χ3v) is 4.88. The highest BCUT2D eigenvalue weighted by molar-refractivity contribution is 6.00. The Bertz CT molecular complexity index is 763. The molecule has 0 fully saturated rings. The molecule has 0 aromatic heterocycles. The summed E-state index contributed by atoms with van der Waals surface area (Å²) in [6.07, 6.45) is 1.61. The largest absolute Gasteiger partial charge is 0.478 e. The predicted molar refractivity (Wildman–Crippen MR) is 92.3 cm³/mol. The van der Waals surface area contributed by atoms with Crippen LogP contribution >= 0.6 is 0 Å². The van der Waals surface area contributed by atoms with E-state index in [-0.39, 0.29) is 11.1 Å². The van der Waals surface area contributed by atoms with Crippen molar-refractivity contribution in [2.45, 2.75) is 26.2 Å². The Labute approximate surface area is 141 Å². The molecule has 1 heterocycles. The van der Waals surface area contributed by atoms with Crippen molar-refractivity contribution >= 4 is 18.0 Å². The Balaban J connectivity index is 2.99. The minimum atomic E-state index is -1.29. The normalized spacial score (nSPS) is 17.1. The third-order valence-electron chi connectivity index (χ3n) is 4.88. The fourth-order valence-electron chi connectivity index (χ4n) is 3.57. The van der Waals surface area contributed by atoms with Crippen molar-refractivity contribution in [2.75, 3.05) is 7.05 Å². The van der Waals surface area contributed by atoms with Crippen molar-refractivity contribution in [3.63, 3.8) is 0 Å². The summed E-state index contributed by atoms with van der Waals surface area (Å²) < 4.78 is 0. The molecule has 1 aliphatic rings. The van der Waals surface area contributed by atoms with Crippen LogP contribution in [0.3, 0.4) is 0 Å². The molecule has 0 atom stereocenters. The molecule has 2 rings (SSSR count). The second-order valence-electron chi connectivity index (χ2n) is 6.01. The Morgan fingerprint density at radius 1 is 1.08 bits per heavy atom. The fraction of sp³-hybridized carbons (Fsp3) is 0.263. The van der Waals surface area contributed by atoms with Gasteiger partial charge in [-0.1, -0.05) is 36.9 Å². The number of carboxylic acid groups (broad SMARTS) is 2. The van der Waals surface area contributed by atoms with Crippen LogP contribution in [-0.2, 0) is 15.0 Å². The Kier molecular flexibility index (Phi) is 4.38. The lowest BCUT2D eigenvalue weighted by molar-refractivity contribution is -0.134. The minimum absolute atomic E-state index is 0.0577. The molecule has 0 saturated heterocycles. The van der Waals surface area contributed by atoms with E-state index in [4.69, 9.17) is 0 Å². The van der Waals surface area contributed by atoms with Crippen LogP contribution in [0.5, 0.6) is 0 Å². The minimum Gasteiger partial charge on any atom is -0.478 e. The Morgan fingerprint density at radius 2 is 1.54 bits per heavy atom. The van der Waals surface area contributed by atoms with Crippen molar-refractivity contribution in [3.05, 3.63) is 64.5 Å². The van der Waals surface area contributed by atoms with Gasteiger partial charge >= 0.3 is 11.9 Å². The fourth-order valence-corrected chi connectivity index (χ4v) is 3.57. The van der Waals surface area contributed by atoms with Gasteiger partial charge in [0.05, 0.1) is 16.6 Å². The molecule has 24 heavy (non-hydrogen) atoms. The first-order valence-electron chi connectivity index (χ1n) is 7.52. The van der Waals surface area contributed by atoms with Crippen molar-refractivity contribution in [3.8, 4) is 0 Å². The van der Waals surface area contributed by atoms with E-state index >= 15 is 0 Å². The van der Waals surface area contributed by atoms with Gasteiger partial charge in [0.25, 0.3) is 0 Å². The van der Waals surface area contributed by atoms with Crippen LogP contribution in [-0.4, -0.2) is 34.1 Å².